The lowest BCUT2D eigenvalue weighted by Crippen LogP contribution is -2.47. The van der Waals surface area contributed by atoms with Gasteiger partial charge in [-0.2, -0.15) is 0 Å². The Morgan fingerprint density at radius 1 is 1.38 bits per heavy atom. The summed E-state index contributed by atoms with van der Waals surface area (Å²) in [7, 11) is 2.24. The molecule has 0 bridgehead atoms. The lowest BCUT2D eigenvalue weighted by molar-refractivity contribution is 0.101. The average Bonchev–Trinajstić information content (AvgIpc) is 1.96. The van der Waals surface area contributed by atoms with E-state index in [4.69, 9.17) is 5.73 Å². The molecule has 0 radical (unpaired) electrons. The molecule has 2 nitrogen and oxygen atoms in total. The molecular weight excluding hydrogens is 160 g/mol. The van der Waals surface area contributed by atoms with E-state index in [0.717, 1.165) is 18.5 Å². The molecule has 0 aromatic rings. The largest absolute Gasteiger partial charge is 0.329 e. The Labute approximate surface area is 82.5 Å². The number of hydrogen-bond acceptors (Lipinski definition) is 2. The van der Waals surface area contributed by atoms with E-state index < -0.39 is 0 Å². The van der Waals surface area contributed by atoms with Crippen molar-refractivity contribution in [2.24, 2.45) is 11.7 Å². The van der Waals surface area contributed by atoms with Crippen molar-refractivity contribution < 1.29 is 0 Å². The molecule has 0 aromatic heterocycles. The Hall–Kier alpha value is -0.0800. The Morgan fingerprint density at radius 3 is 2.31 bits per heavy atom. The summed E-state index contributed by atoms with van der Waals surface area (Å²) < 4.78 is 0. The van der Waals surface area contributed by atoms with E-state index in [1.54, 1.807) is 0 Å². The summed E-state index contributed by atoms with van der Waals surface area (Å²) in [5.41, 5.74) is 5.80. The second kappa shape index (κ2) is 4.97. The number of hydrogen-bond donors (Lipinski definition) is 1. The number of nitrogens with zero attached hydrogens (tertiary/aromatic N) is 1. The van der Waals surface area contributed by atoms with Crippen molar-refractivity contribution >= 4 is 0 Å². The molecule has 1 unspecified atom stereocenters. The molecule has 13 heavy (non-hydrogen) atoms. The highest BCUT2D eigenvalue weighted by Gasteiger charge is 2.26. The Morgan fingerprint density at radius 2 is 2.00 bits per heavy atom. The molecule has 1 rings (SSSR count). The number of rotatable bonds is 5. The minimum atomic E-state index is 0.602. The first-order valence-electron chi connectivity index (χ1n) is 5.57. The summed E-state index contributed by atoms with van der Waals surface area (Å²) in [6, 6.07) is 1.43. The van der Waals surface area contributed by atoms with Crippen LogP contribution in [0.2, 0.25) is 0 Å². The van der Waals surface area contributed by atoms with Gasteiger partial charge >= 0.3 is 0 Å². The van der Waals surface area contributed by atoms with Gasteiger partial charge in [-0.1, -0.05) is 20.3 Å². The number of nitrogens with two attached hydrogens (primary N) is 1. The predicted molar refractivity (Wildman–Crippen MR) is 57.7 cm³/mol. The zero-order chi connectivity index (χ0) is 9.84. The lowest BCUT2D eigenvalue weighted by atomic mass is 9.89. The summed E-state index contributed by atoms with van der Waals surface area (Å²) in [6.45, 7) is 5.36. The van der Waals surface area contributed by atoms with Crippen molar-refractivity contribution in [3.8, 4) is 0 Å². The maximum absolute atomic E-state index is 5.80. The summed E-state index contributed by atoms with van der Waals surface area (Å²) in [5, 5.41) is 0. The molecule has 0 spiro atoms. The van der Waals surface area contributed by atoms with Crippen LogP contribution in [-0.4, -0.2) is 30.6 Å². The van der Waals surface area contributed by atoms with E-state index in [-0.39, 0.29) is 0 Å². The van der Waals surface area contributed by atoms with Gasteiger partial charge in [-0.25, -0.2) is 0 Å². The molecule has 1 fully saturated rings. The first kappa shape index (κ1) is 11.0. The summed E-state index contributed by atoms with van der Waals surface area (Å²) >= 11 is 0. The van der Waals surface area contributed by atoms with Gasteiger partial charge in [0.1, 0.15) is 0 Å². The second-order valence-corrected chi connectivity index (χ2v) is 4.77. The first-order chi connectivity index (χ1) is 6.15. The van der Waals surface area contributed by atoms with Gasteiger partial charge in [0.15, 0.2) is 0 Å². The van der Waals surface area contributed by atoms with Gasteiger partial charge in [0.05, 0.1) is 0 Å². The zero-order valence-corrected chi connectivity index (χ0v) is 9.29. The van der Waals surface area contributed by atoms with Crippen LogP contribution in [0.1, 0.15) is 39.5 Å². The molecule has 1 aliphatic carbocycles. The highest BCUT2D eigenvalue weighted by Crippen LogP contribution is 2.26. The summed E-state index contributed by atoms with van der Waals surface area (Å²) in [4.78, 5) is 2.50. The topological polar surface area (TPSA) is 29.3 Å². The van der Waals surface area contributed by atoms with E-state index in [2.05, 4.69) is 25.8 Å². The highest BCUT2D eigenvalue weighted by molar-refractivity contribution is 4.83. The lowest BCUT2D eigenvalue weighted by Gasteiger charge is -2.40. The van der Waals surface area contributed by atoms with E-state index in [0.29, 0.717) is 6.04 Å². The van der Waals surface area contributed by atoms with Gasteiger partial charge in [-0.15, -0.1) is 0 Å². The molecular formula is C11H24N2. The van der Waals surface area contributed by atoms with E-state index in [1.807, 2.05) is 0 Å². The van der Waals surface area contributed by atoms with Gasteiger partial charge in [0, 0.05) is 18.6 Å². The minimum absolute atomic E-state index is 0.602. The van der Waals surface area contributed by atoms with Gasteiger partial charge in [0.2, 0.25) is 0 Å². The third-order valence-corrected chi connectivity index (χ3v) is 3.24. The Kier molecular flexibility index (Phi) is 4.20. The fourth-order valence-electron chi connectivity index (χ4n) is 2.07. The van der Waals surface area contributed by atoms with E-state index in [9.17, 15) is 0 Å². The quantitative estimate of drug-likeness (QED) is 0.706. The zero-order valence-electron chi connectivity index (χ0n) is 9.29. The van der Waals surface area contributed by atoms with Crippen molar-refractivity contribution in [2.75, 3.05) is 13.6 Å². The Balaban J connectivity index is 2.34. The SMILES string of the molecule is CC(C)CC(CN)N(C)C1CCC1. The fraction of sp³-hybridized carbons (Fsp3) is 1.00. The standard InChI is InChI=1S/C11H24N2/c1-9(2)7-11(8-12)13(3)10-5-4-6-10/h9-11H,4-8,12H2,1-3H3. The van der Waals surface area contributed by atoms with Crippen molar-refractivity contribution in [3.63, 3.8) is 0 Å². The highest BCUT2D eigenvalue weighted by atomic mass is 15.2. The normalized spacial score (nSPS) is 20.8. The molecule has 1 atom stereocenters. The molecule has 0 aromatic carbocycles. The fourth-order valence-corrected chi connectivity index (χ4v) is 2.07. The smallest absolute Gasteiger partial charge is 0.0220 e. The first-order valence-corrected chi connectivity index (χ1v) is 5.57. The molecule has 0 heterocycles. The van der Waals surface area contributed by atoms with E-state index in [1.165, 1.54) is 25.7 Å². The third kappa shape index (κ3) is 2.96. The molecule has 2 heteroatoms. The molecule has 1 aliphatic rings. The van der Waals surface area contributed by atoms with Crippen molar-refractivity contribution in [2.45, 2.75) is 51.6 Å². The maximum atomic E-state index is 5.80. The summed E-state index contributed by atoms with van der Waals surface area (Å²) in [5.74, 6) is 0.760. The second-order valence-electron chi connectivity index (χ2n) is 4.77. The molecule has 2 N–H and O–H groups in total. The van der Waals surface area contributed by atoms with Crippen LogP contribution < -0.4 is 5.73 Å². The van der Waals surface area contributed by atoms with Crippen LogP contribution in [0.5, 0.6) is 0 Å². The Bertz CT molecular complexity index is 141. The minimum Gasteiger partial charge on any atom is -0.329 e. The van der Waals surface area contributed by atoms with Gasteiger partial charge in [0.25, 0.3) is 0 Å². The van der Waals surface area contributed by atoms with Crippen LogP contribution in [0, 0.1) is 5.92 Å². The summed E-state index contributed by atoms with van der Waals surface area (Å²) in [6.07, 6.45) is 5.41. The van der Waals surface area contributed by atoms with Crippen LogP contribution >= 0.6 is 0 Å². The van der Waals surface area contributed by atoms with Crippen molar-refractivity contribution in [3.05, 3.63) is 0 Å². The van der Waals surface area contributed by atoms with Gasteiger partial charge in [-0.05, 0) is 32.2 Å². The van der Waals surface area contributed by atoms with Crippen LogP contribution in [0.4, 0.5) is 0 Å². The number of likely N-dealkylation sites (N-methyl/N-ethyl adjacent to an activating group) is 1. The van der Waals surface area contributed by atoms with Crippen LogP contribution in [0.15, 0.2) is 0 Å². The average molecular weight is 184 g/mol. The van der Waals surface area contributed by atoms with Crippen molar-refractivity contribution in [1.82, 2.24) is 4.90 Å². The van der Waals surface area contributed by atoms with Crippen LogP contribution in [0.3, 0.4) is 0 Å². The molecule has 0 amide bonds. The monoisotopic (exact) mass is 184 g/mol. The van der Waals surface area contributed by atoms with Crippen LogP contribution in [0.25, 0.3) is 0 Å². The third-order valence-electron chi connectivity index (χ3n) is 3.24. The molecule has 78 valence electrons. The van der Waals surface area contributed by atoms with Crippen LogP contribution in [-0.2, 0) is 0 Å². The van der Waals surface area contributed by atoms with Gasteiger partial charge in [-0.3, -0.25) is 4.90 Å². The van der Waals surface area contributed by atoms with Gasteiger partial charge < -0.3 is 5.73 Å². The molecule has 1 saturated carbocycles. The maximum Gasteiger partial charge on any atom is 0.0220 e. The van der Waals surface area contributed by atoms with Crippen molar-refractivity contribution in [1.29, 1.82) is 0 Å². The van der Waals surface area contributed by atoms with E-state index >= 15 is 0 Å². The molecule has 0 aliphatic heterocycles. The predicted octanol–water partition coefficient (Wildman–Crippen LogP) is 1.84. The molecule has 0 saturated heterocycles.